The molecule has 1 aromatic carbocycles. The van der Waals surface area contributed by atoms with Gasteiger partial charge in [-0.3, -0.25) is 29.7 Å². The lowest BCUT2D eigenvalue weighted by atomic mass is 10.1. The highest BCUT2D eigenvalue weighted by molar-refractivity contribution is 5.76. The van der Waals surface area contributed by atoms with Crippen LogP contribution in [0.3, 0.4) is 0 Å². The zero-order valence-corrected chi connectivity index (χ0v) is 14.9. The Hall–Kier alpha value is -3.30. The van der Waals surface area contributed by atoms with Crippen LogP contribution in [0.5, 0.6) is 0 Å². The number of nitro groups is 2. The Bertz CT molecular complexity index is 876. The molecule has 0 aliphatic heterocycles. The number of amides is 1. The quantitative estimate of drug-likeness (QED) is 0.575. The fraction of sp³-hybridized carbons (Fsp3) is 0.375. The van der Waals surface area contributed by atoms with Crippen molar-refractivity contribution in [2.24, 2.45) is 0 Å². The number of benzene rings is 1. The molecular weight excluding hydrogens is 342 g/mol. The summed E-state index contributed by atoms with van der Waals surface area (Å²) in [6.45, 7) is 4.65. The summed E-state index contributed by atoms with van der Waals surface area (Å²) >= 11 is 0. The van der Waals surface area contributed by atoms with Gasteiger partial charge in [0.05, 0.1) is 15.9 Å². The molecule has 1 aromatic heterocycles. The molecule has 0 aliphatic rings. The fourth-order valence-corrected chi connectivity index (χ4v) is 2.68. The van der Waals surface area contributed by atoms with Gasteiger partial charge in [0.2, 0.25) is 5.91 Å². The first-order valence-corrected chi connectivity index (χ1v) is 7.82. The maximum atomic E-state index is 12.6. The molecule has 26 heavy (non-hydrogen) atoms. The van der Waals surface area contributed by atoms with Gasteiger partial charge < -0.3 is 4.90 Å². The third-order valence-corrected chi connectivity index (χ3v) is 4.35. The normalized spacial score (nSPS) is 11.8. The Morgan fingerprint density at radius 2 is 1.92 bits per heavy atom. The molecule has 0 bridgehead atoms. The summed E-state index contributed by atoms with van der Waals surface area (Å²) in [5, 5.41) is 26.0. The first-order valence-electron chi connectivity index (χ1n) is 7.82. The zero-order chi connectivity index (χ0) is 19.6. The van der Waals surface area contributed by atoms with E-state index in [1.165, 1.54) is 35.6 Å². The molecule has 0 radical (unpaired) electrons. The minimum absolute atomic E-state index is 0.0515. The molecule has 1 unspecified atom stereocenters. The standard InChI is InChI=1S/C16H19N5O5/c1-10-16(21(25)26)12(3)19(17-10)9-15(22)18(4)11(2)13-6-5-7-14(8-13)20(23)24/h5-8,11H,9H2,1-4H3. The first kappa shape index (κ1) is 19.0. The summed E-state index contributed by atoms with van der Waals surface area (Å²) in [7, 11) is 1.58. The van der Waals surface area contributed by atoms with Crippen molar-refractivity contribution >= 4 is 17.3 Å². The molecule has 2 aromatic rings. The molecular formula is C16H19N5O5. The molecule has 0 saturated heterocycles. The van der Waals surface area contributed by atoms with E-state index in [2.05, 4.69) is 5.10 Å². The SMILES string of the molecule is Cc1nn(CC(=O)N(C)C(C)c2cccc([N+](=O)[O-])c2)c(C)c1[N+](=O)[O-]. The van der Waals surface area contributed by atoms with Gasteiger partial charge in [0.15, 0.2) is 0 Å². The van der Waals surface area contributed by atoms with Gasteiger partial charge >= 0.3 is 5.69 Å². The third-order valence-electron chi connectivity index (χ3n) is 4.35. The fourth-order valence-electron chi connectivity index (χ4n) is 2.68. The van der Waals surface area contributed by atoms with Crippen molar-refractivity contribution in [2.75, 3.05) is 7.05 Å². The lowest BCUT2D eigenvalue weighted by Gasteiger charge is -2.25. The molecule has 0 N–H and O–H groups in total. The second kappa shape index (κ2) is 7.30. The number of nitro benzene ring substituents is 1. The maximum absolute atomic E-state index is 12.6. The highest BCUT2D eigenvalue weighted by atomic mass is 16.6. The number of aryl methyl sites for hydroxylation is 1. The van der Waals surface area contributed by atoms with Crippen LogP contribution in [-0.2, 0) is 11.3 Å². The van der Waals surface area contributed by atoms with E-state index >= 15 is 0 Å². The van der Waals surface area contributed by atoms with Crippen LogP contribution in [0.25, 0.3) is 0 Å². The largest absolute Gasteiger partial charge is 0.337 e. The van der Waals surface area contributed by atoms with Crippen molar-refractivity contribution in [1.82, 2.24) is 14.7 Å². The zero-order valence-electron chi connectivity index (χ0n) is 14.9. The van der Waals surface area contributed by atoms with Crippen LogP contribution in [0.2, 0.25) is 0 Å². The predicted molar refractivity (Wildman–Crippen MR) is 92.6 cm³/mol. The molecule has 10 heteroatoms. The van der Waals surface area contributed by atoms with E-state index in [0.717, 1.165) is 0 Å². The smallest absolute Gasteiger partial charge is 0.312 e. The molecule has 2 rings (SSSR count). The van der Waals surface area contributed by atoms with E-state index in [0.29, 0.717) is 11.3 Å². The average Bonchev–Trinajstić information content (AvgIpc) is 2.87. The maximum Gasteiger partial charge on any atom is 0.312 e. The van der Waals surface area contributed by atoms with Gasteiger partial charge in [0.1, 0.15) is 17.9 Å². The number of hydrogen-bond acceptors (Lipinski definition) is 6. The molecule has 1 atom stereocenters. The number of likely N-dealkylation sites (N-methyl/N-ethyl adjacent to an activating group) is 1. The predicted octanol–water partition coefficient (Wildman–Crippen LogP) is 2.54. The Balaban J connectivity index is 2.20. The van der Waals surface area contributed by atoms with Crippen molar-refractivity contribution < 1.29 is 14.6 Å². The number of non-ortho nitro benzene ring substituents is 1. The van der Waals surface area contributed by atoms with Crippen LogP contribution >= 0.6 is 0 Å². The van der Waals surface area contributed by atoms with E-state index in [1.807, 2.05) is 0 Å². The summed E-state index contributed by atoms with van der Waals surface area (Å²) in [5.41, 5.74) is 1.01. The summed E-state index contributed by atoms with van der Waals surface area (Å²) in [4.78, 5) is 34.9. The van der Waals surface area contributed by atoms with Crippen LogP contribution < -0.4 is 0 Å². The van der Waals surface area contributed by atoms with Gasteiger partial charge in [-0.2, -0.15) is 5.10 Å². The second-order valence-electron chi connectivity index (χ2n) is 5.97. The molecule has 0 spiro atoms. The minimum Gasteiger partial charge on any atom is -0.337 e. The van der Waals surface area contributed by atoms with E-state index < -0.39 is 15.9 Å². The number of hydrogen-bond donors (Lipinski definition) is 0. The van der Waals surface area contributed by atoms with Crippen LogP contribution in [0.15, 0.2) is 24.3 Å². The summed E-state index contributed by atoms with van der Waals surface area (Å²) < 4.78 is 1.30. The van der Waals surface area contributed by atoms with Gasteiger partial charge in [-0.25, -0.2) is 0 Å². The Kier molecular flexibility index (Phi) is 5.34. The van der Waals surface area contributed by atoms with Gasteiger partial charge in [0.25, 0.3) is 5.69 Å². The van der Waals surface area contributed by atoms with Gasteiger partial charge in [-0.1, -0.05) is 12.1 Å². The monoisotopic (exact) mass is 361 g/mol. The highest BCUT2D eigenvalue weighted by Gasteiger charge is 2.25. The minimum atomic E-state index is -0.520. The van der Waals surface area contributed by atoms with E-state index in [-0.39, 0.29) is 29.5 Å². The first-order chi connectivity index (χ1) is 12.1. The lowest BCUT2D eigenvalue weighted by molar-refractivity contribution is -0.386. The van der Waals surface area contributed by atoms with Gasteiger partial charge in [0, 0.05) is 19.2 Å². The second-order valence-corrected chi connectivity index (χ2v) is 5.97. The molecule has 0 saturated carbocycles. The molecule has 1 amide bonds. The summed E-state index contributed by atoms with van der Waals surface area (Å²) in [6, 6.07) is 5.66. The van der Waals surface area contributed by atoms with Gasteiger partial charge in [-0.15, -0.1) is 0 Å². The molecule has 10 nitrogen and oxygen atoms in total. The highest BCUT2D eigenvalue weighted by Crippen LogP contribution is 2.25. The number of aromatic nitrogens is 2. The van der Waals surface area contributed by atoms with Crippen molar-refractivity contribution in [3.05, 3.63) is 61.4 Å². The lowest BCUT2D eigenvalue weighted by Crippen LogP contribution is -2.33. The molecule has 1 heterocycles. The number of rotatable bonds is 6. The summed E-state index contributed by atoms with van der Waals surface area (Å²) in [5.74, 6) is -0.315. The third kappa shape index (κ3) is 3.68. The number of carbonyl (C=O) groups is 1. The van der Waals surface area contributed by atoms with Crippen molar-refractivity contribution in [3.8, 4) is 0 Å². The number of nitrogens with zero attached hydrogens (tertiary/aromatic N) is 5. The Morgan fingerprint density at radius 1 is 1.27 bits per heavy atom. The van der Waals surface area contributed by atoms with Crippen LogP contribution in [-0.4, -0.2) is 37.5 Å². The van der Waals surface area contributed by atoms with E-state index in [4.69, 9.17) is 0 Å². The van der Waals surface area contributed by atoms with Crippen LogP contribution in [0, 0.1) is 34.1 Å². The van der Waals surface area contributed by atoms with Gasteiger partial charge in [-0.05, 0) is 26.3 Å². The van der Waals surface area contributed by atoms with Crippen molar-refractivity contribution in [3.63, 3.8) is 0 Å². The van der Waals surface area contributed by atoms with Crippen molar-refractivity contribution in [2.45, 2.75) is 33.4 Å². The van der Waals surface area contributed by atoms with Crippen LogP contribution in [0.1, 0.15) is 29.9 Å². The topological polar surface area (TPSA) is 124 Å². The molecule has 0 aliphatic carbocycles. The van der Waals surface area contributed by atoms with Crippen LogP contribution in [0.4, 0.5) is 11.4 Å². The Morgan fingerprint density at radius 3 is 2.46 bits per heavy atom. The molecule has 138 valence electrons. The average molecular weight is 361 g/mol. The Labute approximate surface area is 149 Å². The van der Waals surface area contributed by atoms with Crippen molar-refractivity contribution in [1.29, 1.82) is 0 Å². The van der Waals surface area contributed by atoms with E-state index in [9.17, 15) is 25.0 Å². The molecule has 0 fully saturated rings. The van der Waals surface area contributed by atoms with E-state index in [1.54, 1.807) is 26.1 Å². The summed E-state index contributed by atoms with van der Waals surface area (Å²) in [6.07, 6.45) is 0. The number of carbonyl (C=O) groups excluding carboxylic acids is 1.